The average molecular weight is 684 g/mol. The highest BCUT2D eigenvalue weighted by atomic mass is 32.2. The molecule has 3 aromatic rings. The van der Waals surface area contributed by atoms with Crippen molar-refractivity contribution in [2.75, 3.05) is 65.2 Å². The fraction of sp³-hybridized carbons (Fsp3) is 0.469. The largest absolute Gasteiger partial charge is 0.434 e. The summed E-state index contributed by atoms with van der Waals surface area (Å²) in [6.07, 6.45) is 10.9. The van der Waals surface area contributed by atoms with E-state index in [0.29, 0.717) is 42.5 Å². The van der Waals surface area contributed by atoms with Gasteiger partial charge in [-0.3, -0.25) is 14.5 Å². The van der Waals surface area contributed by atoms with Gasteiger partial charge in [0.1, 0.15) is 24.1 Å². The van der Waals surface area contributed by atoms with Gasteiger partial charge in [-0.15, -0.1) is 11.8 Å². The van der Waals surface area contributed by atoms with Crippen LogP contribution in [0.15, 0.2) is 59.6 Å². The molecule has 0 spiro atoms. The van der Waals surface area contributed by atoms with Crippen molar-refractivity contribution < 1.29 is 27.9 Å². The number of hydrazine groups is 1. The number of ether oxygens (including phenoxy) is 1. The van der Waals surface area contributed by atoms with Crippen molar-refractivity contribution in [3.8, 4) is 5.75 Å². The Morgan fingerprint density at radius 1 is 1.15 bits per heavy atom. The van der Waals surface area contributed by atoms with Crippen LogP contribution in [0.1, 0.15) is 34.8 Å². The number of likely N-dealkylation sites (tertiary alicyclic amines) is 1. The molecule has 3 aliphatic heterocycles. The number of nitrogens with one attached hydrogen (secondary N) is 2. The molecule has 0 radical (unpaired) electrons. The van der Waals surface area contributed by atoms with Gasteiger partial charge in [0, 0.05) is 74.9 Å². The van der Waals surface area contributed by atoms with Gasteiger partial charge in [0.25, 0.3) is 5.91 Å². The lowest BCUT2D eigenvalue weighted by atomic mass is 9.96. The Hall–Kier alpha value is -4.12. The molecule has 0 bridgehead atoms. The van der Waals surface area contributed by atoms with Crippen molar-refractivity contribution in [1.82, 2.24) is 45.0 Å². The lowest BCUT2D eigenvalue weighted by molar-refractivity contribution is -0.133. The molecular weight excluding hydrogens is 644 g/mol. The molecule has 2 fully saturated rings. The van der Waals surface area contributed by atoms with Crippen LogP contribution in [0.4, 0.5) is 8.78 Å². The van der Waals surface area contributed by atoms with Gasteiger partial charge in [-0.25, -0.2) is 14.9 Å². The van der Waals surface area contributed by atoms with Gasteiger partial charge in [-0.05, 0) is 49.3 Å². The third kappa shape index (κ3) is 7.94. The quantitative estimate of drug-likeness (QED) is 0.216. The molecule has 1 aromatic carbocycles. The first-order chi connectivity index (χ1) is 23.3. The first-order valence-electron chi connectivity index (χ1n) is 15.9. The molecule has 5 heterocycles. The number of rotatable bonds is 12. The number of aldehydes is 1. The monoisotopic (exact) mass is 683 g/mol. The van der Waals surface area contributed by atoms with Gasteiger partial charge in [-0.1, -0.05) is 0 Å². The maximum Gasteiger partial charge on any atom is 0.387 e. The third-order valence-corrected chi connectivity index (χ3v) is 9.74. The second-order valence-electron chi connectivity index (χ2n) is 12.0. The summed E-state index contributed by atoms with van der Waals surface area (Å²) in [5.74, 6) is -0.119. The molecule has 256 valence electrons. The fourth-order valence-electron chi connectivity index (χ4n) is 6.45. The molecule has 2 amide bonds. The first-order valence-corrected chi connectivity index (χ1v) is 17.2. The molecule has 48 heavy (non-hydrogen) atoms. The van der Waals surface area contributed by atoms with Crippen molar-refractivity contribution in [1.29, 1.82) is 0 Å². The minimum atomic E-state index is -3.05. The number of aromatic nitrogens is 3. The molecule has 1 unspecified atom stereocenters. The van der Waals surface area contributed by atoms with E-state index < -0.39 is 18.6 Å². The van der Waals surface area contributed by atoms with Crippen LogP contribution in [-0.2, 0) is 9.59 Å². The molecule has 6 rings (SSSR count). The predicted octanol–water partition coefficient (Wildman–Crippen LogP) is 2.24. The molecule has 2 N–H and O–H groups in total. The molecule has 0 saturated carbocycles. The zero-order chi connectivity index (χ0) is 33.6. The van der Waals surface area contributed by atoms with E-state index in [1.54, 1.807) is 41.8 Å². The summed E-state index contributed by atoms with van der Waals surface area (Å²) in [6, 6.07) is 5.80. The zero-order valence-corrected chi connectivity index (χ0v) is 27.5. The van der Waals surface area contributed by atoms with Gasteiger partial charge in [0.05, 0.1) is 24.5 Å². The number of halogens is 2. The highest BCUT2D eigenvalue weighted by Gasteiger charge is 2.33. The van der Waals surface area contributed by atoms with Crippen LogP contribution in [0.25, 0.3) is 5.65 Å². The molecule has 0 aliphatic carbocycles. The van der Waals surface area contributed by atoms with Gasteiger partial charge in [0.15, 0.2) is 5.65 Å². The van der Waals surface area contributed by atoms with Crippen LogP contribution in [0.5, 0.6) is 5.75 Å². The Morgan fingerprint density at radius 3 is 2.65 bits per heavy atom. The number of hydrogen-bond donors (Lipinski definition) is 2. The van der Waals surface area contributed by atoms with E-state index in [1.807, 2.05) is 11.2 Å². The molecule has 1 atom stereocenters. The van der Waals surface area contributed by atoms with Gasteiger partial charge < -0.3 is 29.7 Å². The van der Waals surface area contributed by atoms with Crippen LogP contribution < -0.4 is 15.5 Å². The number of piperidine rings is 1. The molecule has 2 aromatic heterocycles. The van der Waals surface area contributed by atoms with Crippen LogP contribution >= 0.6 is 11.8 Å². The number of nitrogens with zero attached hydrogens (tertiary/aromatic N) is 7. The number of carbonyl (C=O) groups excluding carboxylic acids is 3. The van der Waals surface area contributed by atoms with Crippen LogP contribution in [0.2, 0.25) is 0 Å². The Morgan fingerprint density at radius 2 is 1.92 bits per heavy atom. The maximum absolute atomic E-state index is 13.5. The topological polar surface area (TPSA) is 128 Å². The van der Waals surface area contributed by atoms with Crippen molar-refractivity contribution >= 4 is 35.5 Å². The van der Waals surface area contributed by atoms with Crippen molar-refractivity contribution in [3.63, 3.8) is 0 Å². The van der Waals surface area contributed by atoms with E-state index in [9.17, 15) is 23.2 Å². The van der Waals surface area contributed by atoms with E-state index >= 15 is 0 Å². The summed E-state index contributed by atoms with van der Waals surface area (Å²) in [4.78, 5) is 49.3. The van der Waals surface area contributed by atoms with Crippen molar-refractivity contribution in [3.05, 3.63) is 65.9 Å². The van der Waals surface area contributed by atoms with E-state index in [4.69, 9.17) is 4.74 Å². The van der Waals surface area contributed by atoms with Gasteiger partial charge >= 0.3 is 6.61 Å². The summed E-state index contributed by atoms with van der Waals surface area (Å²) < 4.78 is 33.2. The number of fused-ring (bicyclic) bond motifs is 1. The second-order valence-corrected chi connectivity index (χ2v) is 12.9. The number of alkyl halides is 2. The lowest BCUT2D eigenvalue weighted by Crippen LogP contribution is -2.50. The van der Waals surface area contributed by atoms with E-state index in [0.717, 1.165) is 56.7 Å². The Kier molecular flexibility index (Phi) is 10.8. The van der Waals surface area contributed by atoms with Crippen molar-refractivity contribution in [2.24, 2.45) is 5.92 Å². The minimum absolute atomic E-state index is 0.0231. The van der Waals surface area contributed by atoms with Gasteiger partial charge in [-0.2, -0.15) is 13.9 Å². The molecule has 13 nitrogen and oxygen atoms in total. The smallest absolute Gasteiger partial charge is 0.387 e. The number of benzene rings is 1. The van der Waals surface area contributed by atoms with E-state index in [-0.39, 0.29) is 23.8 Å². The highest BCUT2D eigenvalue weighted by Crippen LogP contribution is 2.36. The number of amides is 2. The predicted molar refractivity (Wildman–Crippen MR) is 174 cm³/mol. The molecular formula is C32H39F2N9O4S. The Labute approximate surface area is 281 Å². The summed E-state index contributed by atoms with van der Waals surface area (Å²) >= 11 is 1.44. The summed E-state index contributed by atoms with van der Waals surface area (Å²) in [6.45, 7) is 3.35. The fourth-order valence-corrected chi connectivity index (χ4v) is 6.90. The number of hydrogen-bond acceptors (Lipinski definition) is 11. The lowest BCUT2D eigenvalue weighted by Gasteiger charge is -2.38. The van der Waals surface area contributed by atoms with Crippen LogP contribution in [0, 0.1) is 5.92 Å². The van der Waals surface area contributed by atoms with Crippen molar-refractivity contribution in [2.45, 2.75) is 30.4 Å². The Balaban J connectivity index is 1.14. The zero-order valence-electron chi connectivity index (χ0n) is 26.6. The normalized spacial score (nSPS) is 19.6. The molecule has 3 aliphatic rings. The number of thioether (sulfide) groups is 1. The second kappa shape index (κ2) is 15.4. The summed E-state index contributed by atoms with van der Waals surface area (Å²) in [5.41, 5.74) is 4.56. The van der Waals surface area contributed by atoms with Crippen LogP contribution in [0.3, 0.4) is 0 Å². The van der Waals surface area contributed by atoms with Gasteiger partial charge in [0.2, 0.25) is 5.91 Å². The average Bonchev–Trinajstić information content (AvgIpc) is 3.70. The number of piperazine rings is 1. The highest BCUT2D eigenvalue weighted by molar-refractivity contribution is 7.98. The number of carbonyl (C=O) groups is 3. The standard InChI is InChI=1S/C32H39F2N9O4S/c1-48-23-3-4-27(47-32(33)34)24(17-23)29-26(37-31(46)25-18-36-43-8-2-7-35-30(25)43)20-42(38-29)21-28(45)41-9-5-22(6-10-41)19-40-13-11-39(12-14-40)15-16-44/h2-4,7-8,16-18,20,22,29,32,38H,5-6,9-15,19,21H2,1H3,(H,37,46). The van der Waals surface area contributed by atoms with E-state index in [1.165, 1.54) is 28.5 Å². The Bertz CT molecular complexity index is 1640. The minimum Gasteiger partial charge on any atom is -0.434 e. The molecule has 2 saturated heterocycles. The SMILES string of the molecule is CSc1ccc(OC(F)F)c(C2NN(CC(=O)N3CCC(CN4CCN(CC=O)CC4)CC3)C=C2NC(=O)c2cnn3cccnc23)c1. The third-order valence-electron chi connectivity index (χ3n) is 9.01. The summed E-state index contributed by atoms with van der Waals surface area (Å²) in [7, 11) is 0. The van der Waals surface area contributed by atoms with Crippen LogP contribution in [-0.4, -0.2) is 124 Å². The first kappa shape index (κ1) is 33.8. The summed E-state index contributed by atoms with van der Waals surface area (Å²) in [5, 5.41) is 8.68. The molecule has 16 heteroatoms. The van der Waals surface area contributed by atoms with E-state index in [2.05, 4.69) is 30.6 Å². The maximum atomic E-state index is 13.5.